The van der Waals surface area contributed by atoms with Gasteiger partial charge in [-0.15, -0.1) is 0 Å². The largest absolute Gasteiger partial charge is 0.310 e. The molecule has 8 aromatic carbocycles. The van der Waals surface area contributed by atoms with Crippen LogP contribution in [0.4, 0.5) is 28.4 Å². The first kappa shape index (κ1) is 33.0. The van der Waals surface area contributed by atoms with E-state index in [0.717, 1.165) is 12.1 Å². The van der Waals surface area contributed by atoms with Gasteiger partial charge in [0.25, 0.3) is 0 Å². The Morgan fingerprint density at radius 1 is 0.500 bits per heavy atom. The fourth-order valence-corrected chi connectivity index (χ4v) is 10.2. The van der Waals surface area contributed by atoms with Gasteiger partial charge in [0, 0.05) is 33.2 Å². The second-order valence-corrected chi connectivity index (χ2v) is 17.0. The fraction of sp³-hybridized carbons (Fsp3) is 0.148. The SMILES string of the molecule is CC1(C)C2=CC(c3ccc4ccccc4c3)CC3=C2N(c2ccc(N(c4cccc5ccccc45)c4cccc5ccccc45)cc21)c1ccccc1C3(C)C. The first-order valence-corrected chi connectivity index (χ1v) is 20.0. The minimum atomic E-state index is -0.274. The van der Waals surface area contributed by atoms with Gasteiger partial charge < -0.3 is 9.80 Å². The van der Waals surface area contributed by atoms with Gasteiger partial charge in [-0.1, -0.05) is 167 Å². The van der Waals surface area contributed by atoms with Crippen LogP contribution < -0.4 is 9.80 Å². The molecule has 0 amide bonds. The Morgan fingerprint density at radius 2 is 1.09 bits per heavy atom. The van der Waals surface area contributed by atoms with Crippen molar-refractivity contribution in [1.29, 1.82) is 0 Å². The lowest BCUT2D eigenvalue weighted by Gasteiger charge is -2.53. The van der Waals surface area contributed by atoms with Crippen molar-refractivity contribution < 1.29 is 0 Å². The van der Waals surface area contributed by atoms with Gasteiger partial charge in [0.05, 0.1) is 28.4 Å². The number of benzene rings is 8. The molecule has 0 N–H and O–H groups in total. The molecule has 1 unspecified atom stereocenters. The van der Waals surface area contributed by atoms with Gasteiger partial charge in [-0.2, -0.15) is 0 Å². The average Bonchev–Trinajstić information content (AvgIpc) is 3.23. The van der Waals surface area contributed by atoms with Crippen molar-refractivity contribution >= 4 is 60.8 Å². The number of nitrogens with zero attached hydrogens (tertiary/aromatic N) is 2. The van der Waals surface area contributed by atoms with Crippen molar-refractivity contribution in [3.8, 4) is 0 Å². The molecule has 2 nitrogen and oxygen atoms in total. The predicted molar refractivity (Wildman–Crippen MR) is 237 cm³/mol. The van der Waals surface area contributed by atoms with Crippen LogP contribution in [0.25, 0.3) is 32.3 Å². The van der Waals surface area contributed by atoms with Crippen molar-refractivity contribution in [3.63, 3.8) is 0 Å². The Labute approximate surface area is 329 Å². The van der Waals surface area contributed by atoms with E-state index in [2.05, 4.69) is 213 Å². The summed E-state index contributed by atoms with van der Waals surface area (Å²) >= 11 is 0. The number of fused-ring (bicyclic) bond motifs is 7. The van der Waals surface area contributed by atoms with E-state index in [-0.39, 0.29) is 16.7 Å². The van der Waals surface area contributed by atoms with Crippen LogP contribution in [0.2, 0.25) is 0 Å². The molecule has 0 spiro atoms. The summed E-state index contributed by atoms with van der Waals surface area (Å²) in [6.45, 7) is 9.81. The second-order valence-electron chi connectivity index (χ2n) is 17.0. The Bertz CT molecular complexity index is 2890. The van der Waals surface area contributed by atoms with Crippen molar-refractivity contribution in [3.05, 3.63) is 209 Å². The van der Waals surface area contributed by atoms with Crippen LogP contribution in [0.5, 0.6) is 0 Å². The first-order valence-electron chi connectivity index (χ1n) is 20.0. The van der Waals surface area contributed by atoms with E-state index in [1.165, 1.54) is 88.6 Å². The lowest BCUT2D eigenvalue weighted by Crippen LogP contribution is -2.44. The molecule has 56 heavy (non-hydrogen) atoms. The second kappa shape index (κ2) is 12.1. The average molecular weight is 721 g/mol. The van der Waals surface area contributed by atoms with Gasteiger partial charge in [-0.3, -0.25) is 0 Å². The smallest absolute Gasteiger partial charge is 0.0540 e. The third-order valence-electron chi connectivity index (χ3n) is 13.2. The number of rotatable bonds is 4. The van der Waals surface area contributed by atoms with Crippen LogP contribution >= 0.6 is 0 Å². The minimum Gasteiger partial charge on any atom is -0.310 e. The molecule has 1 aliphatic carbocycles. The maximum atomic E-state index is 2.63. The van der Waals surface area contributed by atoms with E-state index in [1.807, 2.05) is 0 Å². The molecular weight excluding hydrogens is 677 g/mol. The maximum absolute atomic E-state index is 2.63. The first-order chi connectivity index (χ1) is 27.3. The molecule has 0 saturated heterocycles. The Kier molecular flexibility index (Phi) is 7.11. The van der Waals surface area contributed by atoms with Crippen LogP contribution in [0, 0.1) is 0 Å². The van der Waals surface area contributed by atoms with Crippen LogP contribution in [-0.2, 0) is 10.8 Å². The Balaban J connectivity index is 1.17. The van der Waals surface area contributed by atoms with Crippen LogP contribution in [0.3, 0.4) is 0 Å². The van der Waals surface area contributed by atoms with E-state index in [9.17, 15) is 0 Å². The van der Waals surface area contributed by atoms with E-state index < -0.39 is 0 Å². The Hall–Kier alpha value is -6.38. The molecule has 11 rings (SSSR count). The highest BCUT2D eigenvalue weighted by Crippen LogP contribution is 2.62. The van der Waals surface area contributed by atoms with Crippen molar-refractivity contribution in [2.45, 2.75) is 50.9 Å². The van der Waals surface area contributed by atoms with Crippen LogP contribution in [0.15, 0.2) is 193 Å². The standard InChI is InChI=1S/C54H44N2/c1-53(2)44-23-11-12-24-50(44)56-51-30-29-41(55(48-25-13-19-36-16-7-9-21-42(36)48)49-26-14-20-37-17-8-10-22-43(37)49)34-45(51)54(3,4)47-33-40(32-46(53)52(47)56)39-28-27-35-15-5-6-18-38(35)31-39/h5-31,33-34,40H,32H2,1-4H3. The van der Waals surface area contributed by atoms with Crippen LogP contribution in [-0.4, -0.2) is 0 Å². The highest BCUT2D eigenvalue weighted by molar-refractivity contribution is 6.05. The van der Waals surface area contributed by atoms with E-state index >= 15 is 0 Å². The molecule has 2 heteroatoms. The molecule has 0 radical (unpaired) electrons. The third kappa shape index (κ3) is 4.75. The summed E-state index contributed by atoms with van der Waals surface area (Å²) in [6, 6.07) is 63.2. The van der Waals surface area contributed by atoms with Gasteiger partial charge in [-0.25, -0.2) is 0 Å². The molecule has 8 aromatic rings. The molecule has 0 saturated carbocycles. The number of hydrogen-bond acceptors (Lipinski definition) is 2. The maximum Gasteiger partial charge on any atom is 0.0540 e. The molecule has 2 heterocycles. The van der Waals surface area contributed by atoms with Crippen molar-refractivity contribution in [1.82, 2.24) is 0 Å². The molecule has 1 atom stereocenters. The number of para-hydroxylation sites is 1. The molecule has 0 bridgehead atoms. The van der Waals surface area contributed by atoms with Gasteiger partial charge >= 0.3 is 0 Å². The summed E-state index contributed by atoms with van der Waals surface area (Å²) in [6.07, 6.45) is 3.62. The molecule has 0 aromatic heterocycles. The lowest BCUT2D eigenvalue weighted by atomic mass is 9.60. The number of allylic oxidation sites excluding steroid dienone is 3. The molecule has 3 aliphatic rings. The van der Waals surface area contributed by atoms with Crippen molar-refractivity contribution in [2.24, 2.45) is 0 Å². The fourth-order valence-electron chi connectivity index (χ4n) is 10.2. The zero-order chi connectivity index (χ0) is 37.8. The van der Waals surface area contributed by atoms with E-state index in [0.29, 0.717) is 0 Å². The Morgan fingerprint density at radius 3 is 1.80 bits per heavy atom. The van der Waals surface area contributed by atoms with Gasteiger partial charge in [-0.05, 0) is 92.2 Å². The van der Waals surface area contributed by atoms with Crippen molar-refractivity contribution in [2.75, 3.05) is 9.80 Å². The summed E-state index contributed by atoms with van der Waals surface area (Å²) in [5, 5.41) is 7.52. The molecule has 270 valence electrons. The predicted octanol–water partition coefficient (Wildman–Crippen LogP) is 14.7. The monoisotopic (exact) mass is 720 g/mol. The molecular formula is C54H44N2. The summed E-state index contributed by atoms with van der Waals surface area (Å²) in [5.41, 5.74) is 14.1. The number of anilines is 5. The zero-order valence-corrected chi connectivity index (χ0v) is 32.4. The van der Waals surface area contributed by atoms with E-state index in [4.69, 9.17) is 0 Å². The number of hydrogen-bond donors (Lipinski definition) is 0. The van der Waals surface area contributed by atoms with Gasteiger partial charge in [0.15, 0.2) is 0 Å². The summed E-state index contributed by atoms with van der Waals surface area (Å²) in [5.74, 6) is 0.270. The van der Waals surface area contributed by atoms with Gasteiger partial charge in [0.1, 0.15) is 0 Å². The lowest BCUT2D eigenvalue weighted by molar-refractivity contribution is 0.518. The summed E-state index contributed by atoms with van der Waals surface area (Å²) in [4.78, 5) is 5.11. The van der Waals surface area contributed by atoms with E-state index in [1.54, 1.807) is 0 Å². The topological polar surface area (TPSA) is 6.48 Å². The highest BCUT2D eigenvalue weighted by Gasteiger charge is 2.49. The van der Waals surface area contributed by atoms with Gasteiger partial charge in [0.2, 0.25) is 0 Å². The molecule has 2 aliphatic heterocycles. The quantitative estimate of drug-likeness (QED) is 0.179. The molecule has 0 fully saturated rings. The van der Waals surface area contributed by atoms with Crippen LogP contribution in [0.1, 0.15) is 56.7 Å². The zero-order valence-electron chi connectivity index (χ0n) is 32.4. The minimum absolute atomic E-state index is 0.121. The third-order valence-corrected chi connectivity index (χ3v) is 13.2. The summed E-state index contributed by atoms with van der Waals surface area (Å²) < 4.78 is 0. The summed E-state index contributed by atoms with van der Waals surface area (Å²) in [7, 11) is 0. The highest BCUT2D eigenvalue weighted by atomic mass is 15.2. The normalized spacial score (nSPS) is 17.7.